The van der Waals surface area contributed by atoms with Crippen LogP contribution in [0.1, 0.15) is 111 Å². The smallest absolute Gasteiger partial charge is 0.325 e. The molecule has 0 bridgehead atoms. The first-order valence-electron chi connectivity index (χ1n) is 13.8. The van der Waals surface area contributed by atoms with Crippen LogP contribution in [0.3, 0.4) is 0 Å². The highest BCUT2D eigenvalue weighted by Gasteiger charge is 2.23. The normalized spacial score (nSPS) is 11.5. The number of nitrogens with one attached hydrogen (secondary N) is 3. The van der Waals surface area contributed by atoms with E-state index < -0.39 is 11.8 Å². The Hall–Kier alpha value is -2.32. The maximum absolute atomic E-state index is 12.6. The van der Waals surface area contributed by atoms with Gasteiger partial charge >= 0.3 is 12.1 Å². The quantitative estimate of drug-likeness (QED) is 0.138. The average Bonchev–Trinajstić information content (AvgIpc) is 2.83. The van der Waals surface area contributed by atoms with Crippen molar-refractivity contribution in [2.24, 2.45) is 11.7 Å². The number of nitrogens with two attached hydrogens (primary N) is 1. The molecule has 0 aliphatic heterocycles. The largest absolute Gasteiger partial charge is 0.369 e. The minimum Gasteiger partial charge on any atom is -0.369 e. The summed E-state index contributed by atoms with van der Waals surface area (Å²) >= 11 is 0. The number of amides is 6. The number of primary amides is 1. The molecule has 0 aromatic carbocycles. The molecule has 35 heavy (non-hydrogen) atoms. The molecule has 0 saturated carbocycles. The van der Waals surface area contributed by atoms with E-state index in [2.05, 4.69) is 29.8 Å². The van der Waals surface area contributed by atoms with Crippen molar-refractivity contribution in [3.8, 4) is 0 Å². The van der Waals surface area contributed by atoms with Crippen LogP contribution in [0.25, 0.3) is 0 Å². The van der Waals surface area contributed by atoms with Gasteiger partial charge in [0, 0.05) is 26.2 Å². The van der Waals surface area contributed by atoms with E-state index in [1.54, 1.807) is 0 Å². The summed E-state index contributed by atoms with van der Waals surface area (Å²) in [6, 6.07) is -0.711. The summed E-state index contributed by atoms with van der Waals surface area (Å²) in [5, 5.41) is 8.49. The third-order valence-corrected chi connectivity index (χ3v) is 5.97. The van der Waals surface area contributed by atoms with E-state index in [1.807, 2.05) is 6.92 Å². The van der Waals surface area contributed by atoms with Gasteiger partial charge in [-0.3, -0.25) is 9.59 Å². The second-order valence-electron chi connectivity index (χ2n) is 9.19. The molecular formula is C26H51N5O4. The SMILES string of the molecule is CCCCCCNC(=O)N(CCCCCCC(C(N)=O)C(=O)NCCCC)C(=O)NCCCCC. The number of rotatable bonds is 21. The average molecular weight is 498 g/mol. The highest BCUT2D eigenvalue weighted by molar-refractivity contribution is 5.99. The first-order valence-corrected chi connectivity index (χ1v) is 13.8. The Morgan fingerprint density at radius 2 is 1.11 bits per heavy atom. The monoisotopic (exact) mass is 497 g/mol. The predicted octanol–water partition coefficient (Wildman–Crippen LogP) is 4.45. The lowest BCUT2D eigenvalue weighted by Crippen LogP contribution is -2.49. The summed E-state index contributed by atoms with van der Waals surface area (Å²) in [5.41, 5.74) is 5.42. The number of carbonyl (C=O) groups is 4. The molecular weight excluding hydrogens is 446 g/mol. The summed E-state index contributed by atoms with van der Waals surface area (Å²) in [6.07, 6.45) is 12.4. The first kappa shape index (κ1) is 32.7. The van der Waals surface area contributed by atoms with Crippen LogP contribution >= 0.6 is 0 Å². The zero-order chi connectivity index (χ0) is 26.3. The van der Waals surface area contributed by atoms with Crippen LogP contribution in [0.5, 0.6) is 0 Å². The van der Waals surface area contributed by atoms with Gasteiger partial charge in [-0.05, 0) is 32.1 Å². The van der Waals surface area contributed by atoms with Crippen molar-refractivity contribution in [2.75, 3.05) is 26.2 Å². The van der Waals surface area contributed by atoms with Gasteiger partial charge in [0.15, 0.2) is 0 Å². The summed E-state index contributed by atoms with van der Waals surface area (Å²) in [4.78, 5) is 50.4. The summed E-state index contributed by atoms with van der Waals surface area (Å²) in [6.45, 7) is 8.28. The van der Waals surface area contributed by atoms with Gasteiger partial charge in [-0.15, -0.1) is 0 Å². The lowest BCUT2D eigenvalue weighted by Gasteiger charge is -2.22. The highest BCUT2D eigenvalue weighted by atomic mass is 16.2. The van der Waals surface area contributed by atoms with Gasteiger partial charge in [-0.2, -0.15) is 0 Å². The third-order valence-electron chi connectivity index (χ3n) is 5.97. The van der Waals surface area contributed by atoms with E-state index >= 15 is 0 Å². The van der Waals surface area contributed by atoms with Crippen LogP contribution in [0, 0.1) is 5.92 Å². The molecule has 0 aromatic rings. The van der Waals surface area contributed by atoms with Gasteiger partial charge in [0.2, 0.25) is 11.8 Å². The van der Waals surface area contributed by atoms with E-state index in [9.17, 15) is 19.2 Å². The number of hydrogen-bond donors (Lipinski definition) is 4. The second-order valence-corrected chi connectivity index (χ2v) is 9.19. The number of imide groups is 1. The molecule has 0 aromatic heterocycles. The van der Waals surface area contributed by atoms with Crippen LogP contribution in [0.4, 0.5) is 9.59 Å². The van der Waals surface area contributed by atoms with Gasteiger partial charge in [0.25, 0.3) is 0 Å². The van der Waals surface area contributed by atoms with Crippen LogP contribution in [0.2, 0.25) is 0 Å². The highest BCUT2D eigenvalue weighted by Crippen LogP contribution is 2.12. The second kappa shape index (κ2) is 22.2. The van der Waals surface area contributed by atoms with Crippen LogP contribution in [-0.4, -0.2) is 55.0 Å². The van der Waals surface area contributed by atoms with Gasteiger partial charge in [-0.25, -0.2) is 14.5 Å². The topological polar surface area (TPSA) is 134 Å². The molecule has 9 heteroatoms. The molecule has 0 spiro atoms. The molecule has 0 rings (SSSR count). The van der Waals surface area contributed by atoms with Crippen molar-refractivity contribution in [2.45, 2.75) is 111 Å². The summed E-state index contributed by atoms with van der Waals surface area (Å²) in [7, 11) is 0. The van der Waals surface area contributed by atoms with Gasteiger partial charge in [0.1, 0.15) is 5.92 Å². The molecule has 1 unspecified atom stereocenters. The summed E-state index contributed by atoms with van der Waals surface area (Å²) < 4.78 is 0. The zero-order valence-electron chi connectivity index (χ0n) is 22.5. The molecule has 1 atom stereocenters. The molecule has 0 aliphatic rings. The number of nitrogens with zero attached hydrogens (tertiary/aromatic N) is 1. The van der Waals surface area contributed by atoms with Crippen LogP contribution in [0.15, 0.2) is 0 Å². The maximum Gasteiger partial charge on any atom is 0.325 e. The first-order chi connectivity index (χ1) is 16.9. The van der Waals surface area contributed by atoms with E-state index in [0.29, 0.717) is 45.4 Å². The fourth-order valence-electron chi connectivity index (χ4n) is 3.69. The van der Waals surface area contributed by atoms with Crippen molar-refractivity contribution in [1.29, 1.82) is 0 Å². The number of hydrogen-bond acceptors (Lipinski definition) is 4. The molecule has 204 valence electrons. The lowest BCUT2D eigenvalue weighted by molar-refractivity contribution is -0.133. The van der Waals surface area contributed by atoms with Crippen LogP contribution in [-0.2, 0) is 9.59 Å². The molecule has 0 fully saturated rings. The van der Waals surface area contributed by atoms with E-state index in [-0.39, 0.29) is 18.0 Å². The Balaban J connectivity index is 4.52. The standard InChI is InChI=1S/C26H51N5O4/c1-4-7-10-15-20-30-26(35)31(25(34)29-19-14-8-5-2)21-16-12-11-13-17-22(23(27)32)24(33)28-18-9-6-3/h22H,4-21H2,1-3H3,(H2,27,32)(H,28,33)(H,29,34)(H,30,35). The lowest BCUT2D eigenvalue weighted by atomic mass is 9.99. The predicted molar refractivity (Wildman–Crippen MR) is 141 cm³/mol. The molecule has 0 saturated heterocycles. The van der Waals surface area contributed by atoms with Crippen molar-refractivity contribution in [3.63, 3.8) is 0 Å². The van der Waals surface area contributed by atoms with E-state index in [1.165, 1.54) is 4.90 Å². The molecule has 0 aliphatic carbocycles. The van der Waals surface area contributed by atoms with Crippen molar-refractivity contribution >= 4 is 23.9 Å². The molecule has 6 amide bonds. The Bertz CT molecular complexity index is 600. The van der Waals surface area contributed by atoms with E-state index in [4.69, 9.17) is 5.73 Å². The van der Waals surface area contributed by atoms with Gasteiger partial charge in [0.05, 0.1) is 0 Å². The van der Waals surface area contributed by atoms with Crippen LogP contribution < -0.4 is 21.7 Å². The number of carbonyl (C=O) groups excluding carboxylic acids is 4. The fourth-order valence-corrected chi connectivity index (χ4v) is 3.69. The minimum atomic E-state index is -0.810. The van der Waals surface area contributed by atoms with Gasteiger partial charge in [-0.1, -0.05) is 78.6 Å². The van der Waals surface area contributed by atoms with Crippen molar-refractivity contribution in [3.05, 3.63) is 0 Å². The summed E-state index contributed by atoms with van der Waals surface area (Å²) in [5.74, 6) is -1.70. The molecule has 0 radical (unpaired) electrons. The minimum absolute atomic E-state index is 0.299. The van der Waals surface area contributed by atoms with Gasteiger partial charge < -0.3 is 21.7 Å². The molecule has 9 nitrogen and oxygen atoms in total. The van der Waals surface area contributed by atoms with Crippen molar-refractivity contribution in [1.82, 2.24) is 20.9 Å². The fraction of sp³-hybridized carbons (Fsp3) is 0.846. The third kappa shape index (κ3) is 16.9. The Kier molecular flexibility index (Phi) is 20.7. The maximum atomic E-state index is 12.6. The molecule has 0 heterocycles. The number of unbranched alkanes of at least 4 members (excludes halogenated alkanes) is 9. The zero-order valence-corrected chi connectivity index (χ0v) is 22.5. The Morgan fingerprint density at radius 1 is 0.629 bits per heavy atom. The van der Waals surface area contributed by atoms with E-state index in [0.717, 1.165) is 70.6 Å². The molecule has 5 N–H and O–H groups in total. The Morgan fingerprint density at radius 3 is 1.69 bits per heavy atom. The van der Waals surface area contributed by atoms with Crippen molar-refractivity contribution < 1.29 is 19.2 Å². The Labute approximate surface area is 212 Å². The number of urea groups is 2.